The Morgan fingerprint density at radius 1 is 1.50 bits per heavy atom. The lowest BCUT2D eigenvalue weighted by molar-refractivity contribution is 0.305. The molecule has 76 valence electrons. The standard InChI is InChI=1S/C12H17NO/c1-3-13-9(2)11-8-14-12-7-5-4-6-10(11)12/h4-7,9,11,13H,3,8H2,1-2H3. The highest BCUT2D eigenvalue weighted by molar-refractivity contribution is 5.40. The Morgan fingerprint density at radius 3 is 3.07 bits per heavy atom. The average molecular weight is 191 g/mol. The Balaban J connectivity index is 2.17. The highest BCUT2D eigenvalue weighted by atomic mass is 16.5. The molecule has 2 unspecified atom stereocenters. The van der Waals surface area contributed by atoms with Crippen molar-refractivity contribution in [2.75, 3.05) is 13.2 Å². The summed E-state index contributed by atoms with van der Waals surface area (Å²) in [7, 11) is 0. The van der Waals surface area contributed by atoms with E-state index in [1.165, 1.54) is 5.56 Å². The summed E-state index contributed by atoms with van der Waals surface area (Å²) in [5.41, 5.74) is 1.35. The number of fused-ring (bicyclic) bond motifs is 1. The normalized spacial score (nSPS) is 21.4. The number of hydrogen-bond acceptors (Lipinski definition) is 2. The number of para-hydroxylation sites is 1. The Bertz CT molecular complexity index is 311. The van der Waals surface area contributed by atoms with Crippen molar-refractivity contribution in [3.05, 3.63) is 29.8 Å². The van der Waals surface area contributed by atoms with Gasteiger partial charge < -0.3 is 10.1 Å². The Hall–Kier alpha value is -1.02. The van der Waals surface area contributed by atoms with Crippen molar-refractivity contribution in [1.82, 2.24) is 5.32 Å². The minimum atomic E-state index is 0.489. The van der Waals surface area contributed by atoms with Gasteiger partial charge in [-0.05, 0) is 19.5 Å². The maximum atomic E-state index is 5.64. The molecule has 2 rings (SSSR count). The number of hydrogen-bond donors (Lipinski definition) is 1. The smallest absolute Gasteiger partial charge is 0.122 e. The van der Waals surface area contributed by atoms with Gasteiger partial charge in [-0.1, -0.05) is 25.1 Å². The summed E-state index contributed by atoms with van der Waals surface area (Å²) in [5, 5.41) is 3.45. The Morgan fingerprint density at radius 2 is 2.29 bits per heavy atom. The van der Waals surface area contributed by atoms with Crippen molar-refractivity contribution in [2.24, 2.45) is 0 Å². The molecular weight excluding hydrogens is 174 g/mol. The molecule has 0 fully saturated rings. The van der Waals surface area contributed by atoms with E-state index in [2.05, 4.69) is 31.3 Å². The van der Waals surface area contributed by atoms with E-state index >= 15 is 0 Å². The van der Waals surface area contributed by atoms with Crippen LogP contribution >= 0.6 is 0 Å². The second kappa shape index (κ2) is 4.01. The molecule has 2 atom stereocenters. The van der Waals surface area contributed by atoms with E-state index in [0.29, 0.717) is 12.0 Å². The summed E-state index contributed by atoms with van der Waals surface area (Å²) in [6.07, 6.45) is 0. The van der Waals surface area contributed by atoms with Gasteiger partial charge in [0.05, 0.1) is 6.61 Å². The van der Waals surface area contributed by atoms with Gasteiger partial charge in [0, 0.05) is 17.5 Å². The van der Waals surface area contributed by atoms with Gasteiger partial charge in [-0.15, -0.1) is 0 Å². The zero-order valence-electron chi connectivity index (χ0n) is 8.79. The van der Waals surface area contributed by atoms with Gasteiger partial charge in [-0.25, -0.2) is 0 Å². The lowest BCUT2D eigenvalue weighted by atomic mass is 9.94. The third-order valence-corrected chi connectivity index (χ3v) is 2.87. The molecule has 1 aromatic rings. The molecule has 0 radical (unpaired) electrons. The van der Waals surface area contributed by atoms with Gasteiger partial charge in [0.1, 0.15) is 5.75 Å². The van der Waals surface area contributed by atoms with Crippen molar-refractivity contribution in [2.45, 2.75) is 25.8 Å². The topological polar surface area (TPSA) is 21.3 Å². The molecule has 0 saturated carbocycles. The van der Waals surface area contributed by atoms with Crippen LogP contribution in [0.2, 0.25) is 0 Å². The first-order valence-electron chi connectivity index (χ1n) is 5.28. The van der Waals surface area contributed by atoms with E-state index in [4.69, 9.17) is 4.74 Å². The van der Waals surface area contributed by atoms with Crippen LogP contribution in [0.5, 0.6) is 5.75 Å². The average Bonchev–Trinajstić information content (AvgIpc) is 2.61. The molecule has 0 aromatic heterocycles. The molecule has 1 aromatic carbocycles. The van der Waals surface area contributed by atoms with Crippen LogP contribution in [-0.4, -0.2) is 19.2 Å². The second-order valence-electron chi connectivity index (χ2n) is 3.80. The molecule has 14 heavy (non-hydrogen) atoms. The van der Waals surface area contributed by atoms with Crippen molar-refractivity contribution >= 4 is 0 Å². The number of ether oxygens (including phenoxy) is 1. The Labute approximate surface area is 85.3 Å². The quantitative estimate of drug-likeness (QED) is 0.790. The molecule has 1 aliphatic heterocycles. The van der Waals surface area contributed by atoms with E-state index in [1.54, 1.807) is 0 Å². The zero-order chi connectivity index (χ0) is 9.97. The molecule has 1 heterocycles. The van der Waals surface area contributed by atoms with E-state index in [0.717, 1.165) is 18.9 Å². The van der Waals surface area contributed by atoms with Crippen LogP contribution in [0, 0.1) is 0 Å². The highest BCUT2D eigenvalue weighted by Crippen LogP contribution is 2.35. The van der Waals surface area contributed by atoms with Crippen LogP contribution in [0.1, 0.15) is 25.3 Å². The van der Waals surface area contributed by atoms with E-state index < -0.39 is 0 Å². The second-order valence-corrected chi connectivity index (χ2v) is 3.80. The van der Waals surface area contributed by atoms with Gasteiger partial charge in [0.15, 0.2) is 0 Å². The fourth-order valence-electron chi connectivity index (χ4n) is 2.07. The molecule has 2 heteroatoms. The number of rotatable bonds is 3. The first-order chi connectivity index (χ1) is 6.83. The van der Waals surface area contributed by atoms with Crippen LogP contribution in [0.25, 0.3) is 0 Å². The number of nitrogens with one attached hydrogen (secondary N) is 1. The molecule has 2 nitrogen and oxygen atoms in total. The maximum Gasteiger partial charge on any atom is 0.122 e. The summed E-state index contributed by atoms with van der Waals surface area (Å²) >= 11 is 0. The zero-order valence-corrected chi connectivity index (χ0v) is 8.79. The van der Waals surface area contributed by atoms with Gasteiger partial charge in [0.2, 0.25) is 0 Å². The highest BCUT2D eigenvalue weighted by Gasteiger charge is 2.27. The van der Waals surface area contributed by atoms with Crippen molar-refractivity contribution in [1.29, 1.82) is 0 Å². The molecule has 1 N–H and O–H groups in total. The minimum Gasteiger partial charge on any atom is -0.493 e. The molecule has 0 saturated heterocycles. The summed E-state index contributed by atoms with van der Waals surface area (Å²) in [6.45, 7) is 6.19. The summed E-state index contributed by atoms with van der Waals surface area (Å²) in [5.74, 6) is 1.56. The predicted octanol–water partition coefficient (Wildman–Crippen LogP) is 2.16. The van der Waals surface area contributed by atoms with Gasteiger partial charge >= 0.3 is 0 Å². The first-order valence-corrected chi connectivity index (χ1v) is 5.28. The monoisotopic (exact) mass is 191 g/mol. The fraction of sp³-hybridized carbons (Fsp3) is 0.500. The van der Waals surface area contributed by atoms with Crippen LogP contribution in [0.3, 0.4) is 0 Å². The lowest BCUT2D eigenvalue weighted by Gasteiger charge is -2.18. The van der Waals surface area contributed by atoms with Gasteiger partial charge in [-0.3, -0.25) is 0 Å². The van der Waals surface area contributed by atoms with Gasteiger partial charge in [0.25, 0.3) is 0 Å². The molecular formula is C12H17NO. The fourth-order valence-corrected chi connectivity index (χ4v) is 2.07. The van der Waals surface area contributed by atoms with Gasteiger partial charge in [-0.2, -0.15) is 0 Å². The van der Waals surface area contributed by atoms with Crippen molar-refractivity contribution in [3.8, 4) is 5.75 Å². The predicted molar refractivity (Wildman–Crippen MR) is 57.8 cm³/mol. The third-order valence-electron chi connectivity index (χ3n) is 2.87. The van der Waals surface area contributed by atoms with Crippen LogP contribution in [-0.2, 0) is 0 Å². The molecule has 0 aliphatic carbocycles. The van der Waals surface area contributed by atoms with Crippen LogP contribution in [0.4, 0.5) is 0 Å². The van der Waals surface area contributed by atoms with E-state index in [1.807, 2.05) is 12.1 Å². The Kier molecular flexibility index (Phi) is 2.73. The van der Waals surface area contributed by atoms with E-state index in [-0.39, 0.29) is 0 Å². The maximum absolute atomic E-state index is 5.64. The van der Waals surface area contributed by atoms with Crippen LogP contribution in [0.15, 0.2) is 24.3 Å². The lowest BCUT2D eigenvalue weighted by Crippen LogP contribution is -2.32. The SMILES string of the molecule is CCNC(C)C1COc2ccccc21. The third kappa shape index (κ3) is 1.62. The molecule has 0 amide bonds. The van der Waals surface area contributed by atoms with E-state index in [9.17, 15) is 0 Å². The molecule has 0 bridgehead atoms. The first kappa shape index (κ1) is 9.53. The minimum absolute atomic E-state index is 0.489. The summed E-state index contributed by atoms with van der Waals surface area (Å²) < 4.78 is 5.64. The number of benzene rings is 1. The van der Waals surface area contributed by atoms with Crippen molar-refractivity contribution < 1.29 is 4.74 Å². The number of likely N-dealkylation sites (N-methyl/N-ethyl adjacent to an activating group) is 1. The largest absolute Gasteiger partial charge is 0.493 e. The van der Waals surface area contributed by atoms with Crippen molar-refractivity contribution in [3.63, 3.8) is 0 Å². The summed E-state index contributed by atoms with van der Waals surface area (Å²) in [4.78, 5) is 0. The summed E-state index contributed by atoms with van der Waals surface area (Å²) in [6, 6.07) is 8.82. The molecule has 1 aliphatic rings. The molecule has 0 spiro atoms. The van der Waals surface area contributed by atoms with Crippen LogP contribution < -0.4 is 10.1 Å².